The number of hydrogen-bond acceptors (Lipinski definition) is 6. The van der Waals surface area contributed by atoms with Gasteiger partial charge in [0.05, 0.1) is 22.4 Å². The second-order valence-corrected chi connectivity index (χ2v) is 6.13. The predicted molar refractivity (Wildman–Crippen MR) is 89.0 cm³/mol. The maximum atomic E-state index is 11.9. The van der Waals surface area contributed by atoms with Gasteiger partial charge in [-0.25, -0.2) is 9.78 Å². The molecule has 0 aliphatic carbocycles. The summed E-state index contributed by atoms with van der Waals surface area (Å²) >= 11 is 1.51. The van der Waals surface area contributed by atoms with E-state index in [0.717, 1.165) is 21.5 Å². The van der Waals surface area contributed by atoms with Crippen molar-refractivity contribution in [3.8, 4) is 5.75 Å². The number of thiazole rings is 1. The lowest BCUT2D eigenvalue weighted by molar-refractivity contribution is 0.0437. The molecule has 1 N–H and O–H groups in total. The molecular formula is C17H14N2O3S. The van der Waals surface area contributed by atoms with Crippen molar-refractivity contribution in [2.24, 2.45) is 0 Å². The lowest BCUT2D eigenvalue weighted by Crippen LogP contribution is -2.09. The summed E-state index contributed by atoms with van der Waals surface area (Å²) in [6.07, 6.45) is -0.495. The van der Waals surface area contributed by atoms with Crippen LogP contribution in [0.15, 0.2) is 42.5 Å². The summed E-state index contributed by atoms with van der Waals surface area (Å²) < 4.78 is 11.9. The largest absolute Gasteiger partial charge is 0.494 e. The number of nitrogens with one attached hydrogen (secondary N) is 1. The van der Waals surface area contributed by atoms with Gasteiger partial charge in [-0.1, -0.05) is 29.5 Å². The van der Waals surface area contributed by atoms with E-state index in [1.54, 1.807) is 6.07 Å². The molecule has 1 aliphatic heterocycles. The molecule has 0 bridgehead atoms. The molecule has 0 unspecified atom stereocenters. The molecule has 1 aromatic heterocycles. The number of esters is 1. The number of ether oxygens (including phenoxy) is 2. The van der Waals surface area contributed by atoms with Gasteiger partial charge in [0.2, 0.25) is 6.23 Å². The molecule has 3 aromatic rings. The third-order valence-corrected chi connectivity index (χ3v) is 4.56. The van der Waals surface area contributed by atoms with Crippen molar-refractivity contribution in [3.05, 3.63) is 53.6 Å². The third kappa shape index (κ3) is 2.51. The van der Waals surface area contributed by atoms with Crippen LogP contribution in [0.3, 0.4) is 0 Å². The summed E-state index contributed by atoms with van der Waals surface area (Å²) in [6.45, 7) is 2.58. The van der Waals surface area contributed by atoms with Crippen LogP contribution in [-0.2, 0) is 4.74 Å². The first-order valence-corrected chi connectivity index (χ1v) is 8.16. The van der Waals surface area contributed by atoms with Crippen molar-refractivity contribution in [1.82, 2.24) is 4.98 Å². The van der Waals surface area contributed by atoms with Gasteiger partial charge in [-0.05, 0) is 31.2 Å². The fraction of sp³-hybridized carbons (Fsp3) is 0.176. The zero-order valence-corrected chi connectivity index (χ0v) is 13.2. The average Bonchev–Trinajstić information content (AvgIpc) is 3.09. The fourth-order valence-electron chi connectivity index (χ4n) is 2.59. The molecule has 1 atom stereocenters. The van der Waals surface area contributed by atoms with Gasteiger partial charge in [-0.2, -0.15) is 0 Å². The first-order chi connectivity index (χ1) is 11.2. The van der Waals surface area contributed by atoms with Gasteiger partial charge in [0, 0.05) is 5.56 Å². The number of anilines is 1. The first-order valence-electron chi connectivity index (χ1n) is 7.34. The molecule has 1 aliphatic rings. The summed E-state index contributed by atoms with van der Waals surface area (Å²) in [5.74, 6) is 0.519. The van der Waals surface area contributed by atoms with Crippen molar-refractivity contribution < 1.29 is 14.3 Å². The number of cyclic esters (lactones) is 1. The molecule has 0 fully saturated rings. The molecule has 0 saturated carbocycles. The molecule has 2 aromatic carbocycles. The highest BCUT2D eigenvalue weighted by molar-refractivity contribution is 7.22. The monoisotopic (exact) mass is 326 g/mol. The highest BCUT2D eigenvalue weighted by atomic mass is 32.1. The Bertz CT molecular complexity index is 890. The molecule has 0 spiro atoms. The summed E-state index contributed by atoms with van der Waals surface area (Å²) in [6, 6.07) is 13.2. The first kappa shape index (κ1) is 14.0. The van der Waals surface area contributed by atoms with Gasteiger partial charge in [0.25, 0.3) is 0 Å². The molecular weight excluding hydrogens is 312 g/mol. The van der Waals surface area contributed by atoms with Crippen LogP contribution in [0, 0.1) is 0 Å². The number of hydrogen-bond donors (Lipinski definition) is 1. The van der Waals surface area contributed by atoms with Gasteiger partial charge >= 0.3 is 5.97 Å². The van der Waals surface area contributed by atoms with Crippen LogP contribution in [-0.4, -0.2) is 17.6 Å². The highest BCUT2D eigenvalue weighted by Gasteiger charge is 2.31. The minimum atomic E-state index is -0.495. The van der Waals surface area contributed by atoms with Crippen LogP contribution >= 0.6 is 11.3 Å². The minimum Gasteiger partial charge on any atom is -0.494 e. The molecule has 0 radical (unpaired) electrons. The molecule has 4 rings (SSSR count). The van der Waals surface area contributed by atoms with Gasteiger partial charge < -0.3 is 14.8 Å². The molecule has 0 amide bonds. The Labute approximate surface area is 136 Å². The van der Waals surface area contributed by atoms with E-state index in [1.165, 1.54) is 11.3 Å². The molecule has 5 nitrogen and oxygen atoms in total. The lowest BCUT2D eigenvalue weighted by Gasteiger charge is -2.11. The fourth-order valence-corrected chi connectivity index (χ4v) is 3.50. The lowest BCUT2D eigenvalue weighted by atomic mass is 10.1. The van der Waals surface area contributed by atoms with Crippen LogP contribution < -0.4 is 10.1 Å². The second kappa shape index (κ2) is 5.55. The van der Waals surface area contributed by atoms with E-state index < -0.39 is 6.23 Å². The van der Waals surface area contributed by atoms with Crippen LogP contribution in [0.2, 0.25) is 0 Å². The van der Waals surface area contributed by atoms with Crippen molar-refractivity contribution in [1.29, 1.82) is 0 Å². The molecule has 0 saturated heterocycles. The number of carbonyl (C=O) groups excluding carboxylic acids is 1. The highest BCUT2D eigenvalue weighted by Crippen LogP contribution is 2.35. The summed E-state index contributed by atoms with van der Waals surface area (Å²) in [5, 5.41) is 3.90. The SMILES string of the molecule is CCOc1ccc2nc(N[C@H]3OC(=O)c4ccccc43)sc2c1. The van der Waals surface area contributed by atoms with Gasteiger partial charge in [0.1, 0.15) is 5.75 Å². The number of carbonyl (C=O) groups is 1. The average molecular weight is 326 g/mol. The maximum absolute atomic E-state index is 11.9. The van der Waals surface area contributed by atoms with Gasteiger partial charge in [0.15, 0.2) is 5.13 Å². The Morgan fingerprint density at radius 1 is 1.30 bits per heavy atom. The number of nitrogens with zero attached hydrogens (tertiary/aromatic N) is 1. The van der Waals surface area contributed by atoms with Crippen molar-refractivity contribution >= 4 is 32.7 Å². The van der Waals surface area contributed by atoms with Crippen LogP contribution in [0.4, 0.5) is 5.13 Å². The number of aromatic nitrogens is 1. The molecule has 116 valence electrons. The van der Waals surface area contributed by atoms with E-state index in [1.807, 2.05) is 43.3 Å². The summed E-state index contributed by atoms with van der Waals surface area (Å²) in [4.78, 5) is 16.4. The number of rotatable bonds is 4. The Kier molecular flexibility index (Phi) is 3.38. The van der Waals surface area contributed by atoms with E-state index in [4.69, 9.17) is 9.47 Å². The quantitative estimate of drug-likeness (QED) is 0.735. The number of fused-ring (bicyclic) bond motifs is 2. The maximum Gasteiger partial charge on any atom is 0.340 e. The van der Waals surface area contributed by atoms with Gasteiger partial charge in [-0.15, -0.1) is 0 Å². The van der Waals surface area contributed by atoms with Crippen LogP contribution in [0.25, 0.3) is 10.2 Å². The Balaban J connectivity index is 1.62. The topological polar surface area (TPSA) is 60.4 Å². The molecule has 6 heteroatoms. The molecule has 23 heavy (non-hydrogen) atoms. The van der Waals surface area contributed by atoms with Crippen LogP contribution in [0.5, 0.6) is 5.75 Å². The van der Waals surface area contributed by atoms with Gasteiger partial charge in [-0.3, -0.25) is 0 Å². The van der Waals surface area contributed by atoms with Crippen LogP contribution in [0.1, 0.15) is 29.1 Å². The molecule has 2 heterocycles. The van der Waals surface area contributed by atoms with E-state index in [9.17, 15) is 4.79 Å². The van der Waals surface area contributed by atoms with E-state index >= 15 is 0 Å². The van der Waals surface area contributed by atoms with E-state index in [-0.39, 0.29) is 5.97 Å². The summed E-state index contributed by atoms with van der Waals surface area (Å²) in [7, 11) is 0. The zero-order valence-electron chi connectivity index (χ0n) is 12.4. The van der Waals surface area contributed by atoms with E-state index in [2.05, 4.69) is 10.3 Å². The smallest absolute Gasteiger partial charge is 0.340 e. The standard InChI is InChI=1S/C17H14N2O3S/c1-2-21-10-7-8-13-14(9-10)23-17(18-13)19-15-11-5-3-4-6-12(11)16(20)22-15/h3-9,15H,2H2,1H3,(H,18,19)/t15-/m0/s1. The predicted octanol–water partition coefficient (Wildman–Crippen LogP) is 3.98. The number of benzene rings is 2. The van der Waals surface area contributed by atoms with E-state index in [0.29, 0.717) is 17.3 Å². The Morgan fingerprint density at radius 3 is 3.04 bits per heavy atom. The second-order valence-electron chi connectivity index (χ2n) is 5.10. The summed E-state index contributed by atoms with van der Waals surface area (Å²) in [5.41, 5.74) is 2.33. The Hall–Kier alpha value is -2.60. The van der Waals surface area contributed by atoms with Crippen molar-refractivity contribution in [2.75, 3.05) is 11.9 Å². The third-order valence-electron chi connectivity index (χ3n) is 3.61. The minimum absolute atomic E-state index is 0.308. The van der Waals surface area contributed by atoms with Crippen molar-refractivity contribution in [2.45, 2.75) is 13.2 Å². The van der Waals surface area contributed by atoms with Crippen molar-refractivity contribution in [3.63, 3.8) is 0 Å². The Morgan fingerprint density at radius 2 is 2.17 bits per heavy atom. The normalized spacial score (nSPS) is 16.2. The zero-order chi connectivity index (χ0) is 15.8.